The first-order valence-corrected chi connectivity index (χ1v) is 17.1. The van der Waals surface area contributed by atoms with Crippen molar-refractivity contribution in [1.82, 2.24) is 18.8 Å². The summed E-state index contributed by atoms with van der Waals surface area (Å²) in [5.74, 6) is -0.655. The number of nitrogens with one attached hydrogen (secondary N) is 1. The minimum atomic E-state index is -4.01. The monoisotopic (exact) mass is 655 g/mol. The SMILES string of the molecule is CS(=O)(=O)N1CCC(Nc2ncc3cc(C(F)F)c(=O)n(Cc4ccc(-c5cccc(S(=O)(=O)Cl)c5)cc4F)c3n2)CC1. The van der Waals surface area contributed by atoms with Gasteiger partial charge in [0.15, 0.2) is 0 Å². The van der Waals surface area contributed by atoms with Gasteiger partial charge in [0.1, 0.15) is 11.5 Å². The molecule has 0 unspecified atom stereocenters. The smallest absolute Gasteiger partial charge is 0.269 e. The van der Waals surface area contributed by atoms with E-state index >= 15 is 4.39 Å². The second kappa shape index (κ2) is 11.9. The highest BCUT2D eigenvalue weighted by Gasteiger charge is 2.26. The van der Waals surface area contributed by atoms with Crippen LogP contribution in [0.25, 0.3) is 22.2 Å². The van der Waals surface area contributed by atoms with Gasteiger partial charge in [-0.15, -0.1) is 0 Å². The van der Waals surface area contributed by atoms with E-state index < -0.39 is 49.0 Å². The molecule has 1 aliphatic heterocycles. The molecule has 5 rings (SSSR count). The predicted molar refractivity (Wildman–Crippen MR) is 156 cm³/mol. The van der Waals surface area contributed by atoms with E-state index in [-0.39, 0.29) is 33.5 Å². The Balaban J connectivity index is 1.48. The minimum absolute atomic E-state index is 0.000883. The third-order valence-corrected chi connectivity index (χ3v) is 9.83. The molecule has 228 valence electrons. The number of fused-ring (bicyclic) bond motifs is 1. The number of sulfonamides is 1. The van der Waals surface area contributed by atoms with Gasteiger partial charge >= 0.3 is 0 Å². The average Bonchev–Trinajstić information content (AvgIpc) is 2.94. The van der Waals surface area contributed by atoms with Crippen LogP contribution in [0.1, 0.15) is 30.4 Å². The Morgan fingerprint density at radius 2 is 1.74 bits per heavy atom. The fourth-order valence-electron chi connectivity index (χ4n) is 4.92. The van der Waals surface area contributed by atoms with Crippen molar-refractivity contribution in [3.8, 4) is 11.1 Å². The molecule has 43 heavy (non-hydrogen) atoms. The molecule has 0 saturated carbocycles. The van der Waals surface area contributed by atoms with Gasteiger partial charge in [-0.1, -0.05) is 24.3 Å². The minimum Gasteiger partial charge on any atom is -0.351 e. The summed E-state index contributed by atoms with van der Waals surface area (Å²) in [7, 11) is -1.91. The average molecular weight is 656 g/mol. The summed E-state index contributed by atoms with van der Waals surface area (Å²) in [6, 6.07) is 10.5. The topological polar surface area (TPSA) is 131 Å². The number of pyridine rings is 1. The van der Waals surface area contributed by atoms with Crippen molar-refractivity contribution >= 4 is 46.7 Å². The summed E-state index contributed by atoms with van der Waals surface area (Å²) in [4.78, 5) is 21.6. The molecule has 0 bridgehead atoms. The van der Waals surface area contributed by atoms with E-state index in [1.54, 1.807) is 6.07 Å². The second-order valence-corrected chi connectivity index (χ2v) is 14.7. The van der Waals surface area contributed by atoms with Gasteiger partial charge in [-0.2, -0.15) is 4.98 Å². The number of piperidine rings is 1. The first-order valence-electron chi connectivity index (χ1n) is 12.9. The maximum atomic E-state index is 15.4. The maximum Gasteiger partial charge on any atom is 0.269 e. The van der Waals surface area contributed by atoms with Gasteiger partial charge in [0.25, 0.3) is 21.0 Å². The lowest BCUT2D eigenvalue weighted by atomic mass is 10.0. The third-order valence-electron chi connectivity index (χ3n) is 7.18. The molecule has 1 fully saturated rings. The third kappa shape index (κ3) is 6.84. The van der Waals surface area contributed by atoms with Crippen molar-refractivity contribution in [1.29, 1.82) is 0 Å². The Kier molecular flexibility index (Phi) is 8.53. The van der Waals surface area contributed by atoms with Crippen LogP contribution < -0.4 is 10.9 Å². The van der Waals surface area contributed by atoms with Gasteiger partial charge < -0.3 is 5.32 Å². The molecule has 4 aromatic rings. The van der Waals surface area contributed by atoms with E-state index in [2.05, 4.69) is 15.3 Å². The molecular formula is C27H25ClF3N5O5S2. The molecule has 1 saturated heterocycles. The number of benzene rings is 2. The highest BCUT2D eigenvalue weighted by atomic mass is 35.7. The number of anilines is 1. The molecule has 0 amide bonds. The number of halogens is 4. The Labute approximate surface area is 249 Å². The fraction of sp³-hybridized carbons (Fsp3) is 0.296. The van der Waals surface area contributed by atoms with Gasteiger partial charge in [-0.3, -0.25) is 9.36 Å². The Morgan fingerprint density at radius 1 is 1.05 bits per heavy atom. The van der Waals surface area contributed by atoms with E-state index in [9.17, 15) is 30.4 Å². The largest absolute Gasteiger partial charge is 0.351 e. The normalized spacial score (nSPS) is 15.3. The fourth-order valence-corrected chi connectivity index (χ4v) is 6.59. The van der Waals surface area contributed by atoms with E-state index in [1.807, 2.05) is 0 Å². The molecule has 3 heterocycles. The van der Waals surface area contributed by atoms with Gasteiger partial charge in [0, 0.05) is 47.0 Å². The second-order valence-electron chi connectivity index (χ2n) is 10.1. The van der Waals surface area contributed by atoms with E-state index in [0.717, 1.165) is 23.0 Å². The van der Waals surface area contributed by atoms with Crippen molar-refractivity contribution in [2.75, 3.05) is 24.7 Å². The van der Waals surface area contributed by atoms with Crippen LogP contribution >= 0.6 is 10.7 Å². The zero-order valence-corrected chi connectivity index (χ0v) is 24.9. The Bertz CT molecular complexity index is 1980. The summed E-state index contributed by atoms with van der Waals surface area (Å²) < 4.78 is 92.2. The summed E-state index contributed by atoms with van der Waals surface area (Å²) in [5.41, 5.74) is -1.12. The first-order chi connectivity index (χ1) is 20.2. The van der Waals surface area contributed by atoms with Gasteiger partial charge in [0.2, 0.25) is 16.0 Å². The van der Waals surface area contributed by atoms with Gasteiger partial charge in [-0.25, -0.2) is 39.3 Å². The number of aromatic nitrogens is 3. The Hall–Kier alpha value is -3.53. The standard InChI is InChI=1S/C27H25ClF3N5O5S2/c1-42(38,39)35-9-7-20(8-10-35)33-27-32-14-19-12-22(24(30)31)26(37)36(25(19)34-27)15-18-6-5-17(13-23(18)29)16-3-2-4-21(11-16)43(28,40)41/h2-6,11-14,20,24H,7-10,15H2,1H3,(H,32,33,34). The van der Waals surface area contributed by atoms with E-state index in [1.165, 1.54) is 40.8 Å². The van der Waals surface area contributed by atoms with Crippen LogP contribution in [0.4, 0.5) is 19.1 Å². The number of alkyl halides is 2. The quantitative estimate of drug-likeness (QED) is 0.277. The lowest BCUT2D eigenvalue weighted by molar-refractivity contribution is 0.149. The molecule has 0 atom stereocenters. The first kappa shape index (κ1) is 30.9. The van der Waals surface area contributed by atoms with Crippen LogP contribution in [0.5, 0.6) is 0 Å². The molecule has 1 N–H and O–H groups in total. The van der Waals surface area contributed by atoms with Gasteiger partial charge in [0.05, 0.1) is 23.3 Å². The van der Waals surface area contributed by atoms with Crippen LogP contribution in [0, 0.1) is 5.82 Å². The summed E-state index contributed by atoms with van der Waals surface area (Å²) in [6.07, 6.45) is 0.280. The predicted octanol–water partition coefficient (Wildman–Crippen LogP) is 4.35. The molecule has 0 spiro atoms. The van der Waals surface area contributed by atoms with Crippen molar-refractivity contribution < 1.29 is 30.0 Å². The molecule has 1 aliphatic rings. The molecule has 0 radical (unpaired) electrons. The zero-order valence-electron chi connectivity index (χ0n) is 22.5. The lowest BCUT2D eigenvalue weighted by Gasteiger charge is -2.30. The van der Waals surface area contributed by atoms with Crippen LogP contribution in [-0.2, 0) is 25.6 Å². The maximum absolute atomic E-state index is 15.4. The van der Waals surface area contributed by atoms with Crippen molar-refractivity contribution in [2.24, 2.45) is 0 Å². The number of hydrogen-bond acceptors (Lipinski definition) is 8. The van der Waals surface area contributed by atoms with Crippen LogP contribution in [0.2, 0.25) is 0 Å². The van der Waals surface area contributed by atoms with Crippen LogP contribution in [0.15, 0.2) is 64.4 Å². The Morgan fingerprint density at radius 3 is 2.37 bits per heavy atom. The highest BCUT2D eigenvalue weighted by Crippen LogP contribution is 2.27. The van der Waals surface area contributed by atoms with E-state index in [4.69, 9.17) is 10.7 Å². The van der Waals surface area contributed by atoms with Gasteiger partial charge in [-0.05, 0) is 48.2 Å². The number of hydrogen-bond donors (Lipinski definition) is 1. The summed E-state index contributed by atoms with van der Waals surface area (Å²) in [6.45, 7) is 0.170. The molecular weight excluding hydrogens is 631 g/mol. The van der Waals surface area contributed by atoms with Crippen molar-refractivity contribution in [3.05, 3.63) is 82.0 Å². The summed E-state index contributed by atoms with van der Waals surface area (Å²) >= 11 is 0. The highest BCUT2D eigenvalue weighted by molar-refractivity contribution is 8.13. The lowest BCUT2D eigenvalue weighted by Crippen LogP contribution is -2.42. The molecule has 10 nitrogen and oxygen atoms in total. The van der Waals surface area contributed by atoms with Crippen LogP contribution in [0.3, 0.4) is 0 Å². The zero-order chi connectivity index (χ0) is 31.1. The molecule has 0 aliphatic carbocycles. The molecule has 2 aromatic carbocycles. The van der Waals surface area contributed by atoms with Crippen molar-refractivity contribution in [3.63, 3.8) is 0 Å². The number of rotatable bonds is 8. The van der Waals surface area contributed by atoms with Crippen molar-refractivity contribution in [2.45, 2.75) is 36.7 Å². The number of nitrogens with zero attached hydrogens (tertiary/aromatic N) is 4. The van der Waals surface area contributed by atoms with E-state index in [0.29, 0.717) is 37.1 Å². The summed E-state index contributed by atoms with van der Waals surface area (Å²) in [5, 5.41) is 3.25. The van der Waals surface area contributed by atoms with Crippen LogP contribution in [-0.4, -0.2) is 61.1 Å². The molecule has 2 aromatic heterocycles. The molecule has 16 heteroatoms.